The highest BCUT2D eigenvalue weighted by Crippen LogP contribution is 2.12. The molecule has 0 aromatic carbocycles. The average molecular weight is 260 g/mol. The summed E-state index contributed by atoms with van der Waals surface area (Å²) in [6.07, 6.45) is 1.76. The van der Waals surface area contributed by atoms with E-state index in [0.717, 1.165) is 24.3 Å². The molecule has 1 N–H and O–H groups in total. The first kappa shape index (κ1) is 13.5. The molecule has 0 radical (unpaired) electrons. The van der Waals surface area contributed by atoms with Gasteiger partial charge in [0.25, 0.3) is 0 Å². The zero-order chi connectivity index (χ0) is 13.8. The third kappa shape index (κ3) is 3.12. The van der Waals surface area contributed by atoms with Crippen LogP contribution in [0.3, 0.4) is 0 Å². The fraction of sp³-hybridized carbons (Fsp3) is 0.429. The van der Waals surface area contributed by atoms with Crippen molar-refractivity contribution in [3.05, 3.63) is 40.8 Å². The van der Waals surface area contributed by atoms with Gasteiger partial charge in [-0.3, -0.25) is 4.68 Å². The molecule has 0 aliphatic carbocycles. The zero-order valence-electron chi connectivity index (χ0n) is 11.9. The lowest BCUT2D eigenvalue weighted by Crippen LogP contribution is -2.14. The Balaban J connectivity index is 1.96. The minimum absolute atomic E-state index is 0.646. The second-order valence-electron chi connectivity index (χ2n) is 4.58. The maximum atomic E-state index is 5.11. The lowest BCUT2D eigenvalue weighted by molar-refractivity contribution is 0.397. The summed E-state index contributed by atoms with van der Waals surface area (Å²) in [4.78, 5) is 4.09. The Hall–Kier alpha value is -1.88. The summed E-state index contributed by atoms with van der Waals surface area (Å²) in [6.45, 7) is 5.73. The zero-order valence-corrected chi connectivity index (χ0v) is 11.9. The molecule has 0 atom stereocenters. The van der Waals surface area contributed by atoms with E-state index in [1.165, 1.54) is 11.3 Å². The van der Waals surface area contributed by atoms with E-state index >= 15 is 0 Å². The summed E-state index contributed by atoms with van der Waals surface area (Å²) < 4.78 is 7.03. The van der Waals surface area contributed by atoms with E-state index in [1.807, 2.05) is 30.8 Å². The van der Waals surface area contributed by atoms with Crippen molar-refractivity contribution in [3.63, 3.8) is 0 Å². The molecule has 0 saturated carbocycles. The van der Waals surface area contributed by atoms with Crippen LogP contribution in [0, 0.1) is 13.8 Å². The van der Waals surface area contributed by atoms with Crippen LogP contribution in [0.1, 0.15) is 22.5 Å². The summed E-state index contributed by atoms with van der Waals surface area (Å²) in [5, 5.41) is 7.84. The first-order chi connectivity index (χ1) is 9.11. The summed E-state index contributed by atoms with van der Waals surface area (Å²) in [5.41, 5.74) is 4.71. The van der Waals surface area contributed by atoms with Crippen LogP contribution in [-0.2, 0) is 20.1 Å². The molecule has 2 rings (SSSR count). The molecule has 0 bridgehead atoms. The van der Waals surface area contributed by atoms with Crippen molar-refractivity contribution in [2.45, 2.75) is 26.9 Å². The number of pyridine rings is 1. The van der Waals surface area contributed by atoms with Crippen molar-refractivity contribution in [2.24, 2.45) is 7.05 Å². The molecule has 0 spiro atoms. The van der Waals surface area contributed by atoms with Gasteiger partial charge in [0.1, 0.15) is 0 Å². The van der Waals surface area contributed by atoms with E-state index in [9.17, 15) is 0 Å². The highest BCUT2D eigenvalue weighted by Gasteiger charge is 2.08. The highest BCUT2D eigenvalue weighted by atomic mass is 16.5. The molecule has 0 fully saturated rings. The van der Waals surface area contributed by atoms with Crippen LogP contribution < -0.4 is 10.1 Å². The van der Waals surface area contributed by atoms with Crippen LogP contribution in [-0.4, -0.2) is 21.9 Å². The standard InChI is InChI=1S/C14H20N4O/c1-10-13(11(2)18(3)17-10)9-15-8-12-5-6-16-14(7-12)19-4/h5-7,15H,8-9H2,1-4H3. The smallest absolute Gasteiger partial charge is 0.213 e. The molecule has 19 heavy (non-hydrogen) atoms. The van der Waals surface area contributed by atoms with Gasteiger partial charge in [-0.25, -0.2) is 4.98 Å². The molecule has 2 aromatic rings. The van der Waals surface area contributed by atoms with E-state index in [2.05, 4.69) is 22.3 Å². The fourth-order valence-corrected chi connectivity index (χ4v) is 2.08. The fourth-order valence-electron chi connectivity index (χ4n) is 2.08. The number of hydrogen-bond donors (Lipinski definition) is 1. The van der Waals surface area contributed by atoms with Crippen molar-refractivity contribution >= 4 is 0 Å². The monoisotopic (exact) mass is 260 g/mol. The van der Waals surface area contributed by atoms with Gasteiger partial charge in [0.15, 0.2) is 0 Å². The van der Waals surface area contributed by atoms with E-state index in [4.69, 9.17) is 4.74 Å². The lowest BCUT2D eigenvalue weighted by Gasteiger charge is -2.06. The van der Waals surface area contributed by atoms with E-state index in [0.29, 0.717) is 5.88 Å². The van der Waals surface area contributed by atoms with E-state index < -0.39 is 0 Å². The number of aryl methyl sites for hydroxylation is 2. The van der Waals surface area contributed by atoms with E-state index in [1.54, 1.807) is 13.3 Å². The Morgan fingerprint density at radius 3 is 2.74 bits per heavy atom. The predicted octanol–water partition coefficient (Wildman–Crippen LogP) is 1.73. The molecule has 5 heteroatoms. The van der Waals surface area contributed by atoms with Gasteiger partial charge in [0.05, 0.1) is 12.8 Å². The second-order valence-corrected chi connectivity index (χ2v) is 4.58. The van der Waals surface area contributed by atoms with Crippen molar-refractivity contribution in [1.82, 2.24) is 20.1 Å². The predicted molar refractivity (Wildman–Crippen MR) is 74.0 cm³/mol. The second kappa shape index (κ2) is 5.84. The number of aromatic nitrogens is 3. The minimum atomic E-state index is 0.646. The molecule has 5 nitrogen and oxygen atoms in total. The number of rotatable bonds is 5. The third-order valence-corrected chi connectivity index (χ3v) is 3.30. The average Bonchev–Trinajstić information content (AvgIpc) is 2.65. The van der Waals surface area contributed by atoms with Gasteiger partial charge in [0, 0.05) is 43.7 Å². The van der Waals surface area contributed by atoms with Crippen LogP contribution in [0.4, 0.5) is 0 Å². The number of nitrogens with one attached hydrogen (secondary N) is 1. The molecule has 0 saturated heterocycles. The molecule has 2 heterocycles. The van der Waals surface area contributed by atoms with Crippen LogP contribution in [0.2, 0.25) is 0 Å². The van der Waals surface area contributed by atoms with Gasteiger partial charge in [-0.1, -0.05) is 0 Å². The van der Waals surface area contributed by atoms with Crippen molar-refractivity contribution in [1.29, 1.82) is 0 Å². The Morgan fingerprint density at radius 1 is 1.32 bits per heavy atom. The van der Waals surface area contributed by atoms with Crippen molar-refractivity contribution < 1.29 is 4.74 Å². The SMILES string of the molecule is COc1cc(CNCc2c(C)nn(C)c2C)ccn1. The van der Waals surface area contributed by atoms with Gasteiger partial charge in [-0.15, -0.1) is 0 Å². The van der Waals surface area contributed by atoms with Crippen LogP contribution in [0.25, 0.3) is 0 Å². The normalized spacial score (nSPS) is 10.7. The molecular formula is C14H20N4O. The largest absolute Gasteiger partial charge is 0.481 e. The third-order valence-electron chi connectivity index (χ3n) is 3.30. The van der Waals surface area contributed by atoms with Crippen molar-refractivity contribution in [2.75, 3.05) is 7.11 Å². The Bertz CT molecular complexity index is 563. The summed E-state index contributed by atoms with van der Waals surface area (Å²) >= 11 is 0. The molecular weight excluding hydrogens is 240 g/mol. The number of nitrogens with zero attached hydrogens (tertiary/aromatic N) is 3. The van der Waals surface area contributed by atoms with Crippen LogP contribution in [0.5, 0.6) is 5.88 Å². The van der Waals surface area contributed by atoms with Gasteiger partial charge in [0.2, 0.25) is 5.88 Å². The van der Waals surface area contributed by atoms with Crippen molar-refractivity contribution in [3.8, 4) is 5.88 Å². The first-order valence-electron chi connectivity index (χ1n) is 6.30. The Kier molecular flexibility index (Phi) is 4.16. The molecule has 0 aliphatic rings. The minimum Gasteiger partial charge on any atom is -0.481 e. The van der Waals surface area contributed by atoms with Gasteiger partial charge < -0.3 is 10.1 Å². The molecule has 2 aromatic heterocycles. The summed E-state index contributed by atoms with van der Waals surface area (Å²) in [6, 6.07) is 3.93. The Labute approximate surface area is 113 Å². The van der Waals surface area contributed by atoms with Crippen LogP contribution in [0.15, 0.2) is 18.3 Å². The van der Waals surface area contributed by atoms with Gasteiger partial charge >= 0.3 is 0 Å². The van der Waals surface area contributed by atoms with Gasteiger partial charge in [-0.05, 0) is 25.5 Å². The number of methoxy groups -OCH3 is 1. The first-order valence-corrected chi connectivity index (χ1v) is 6.30. The van der Waals surface area contributed by atoms with E-state index in [-0.39, 0.29) is 0 Å². The lowest BCUT2D eigenvalue weighted by atomic mass is 10.2. The highest BCUT2D eigenvalue weighted by molar-refractivity contribution is 5.24. The maximum absolute atomic E-state index is 5.11. The summed E-state index contributed by atoms with van der Waals surface area (Å²) in [5.74, 6) is 0.646. The summed E-state index contributed by atoms with van der Waals surface area (Å²) in [7, 11) is 3.60. The van der Waals surface area contributed by atoms with Crippen LogP contribution >= 0.6 is 0 Å². The Morgan fingerprint density at radius 2 is 2.11 bits per heavy atom. The number of ether oxygens (including phenoxy) is 1. The topological polar surface area (TPSA) is 52.0 Å². The molecule has 0 amide bonds. The number of hydrogen-bond acceptors (Lipinski definition) is 4. The molecule has 0 unspecified atom stereocenters. The molecule has 0 aliphatic heterocycles. The molecule has 102 valence electrons. The van der Waals surface area contributed by atoms with Gasteiger partial charge in [-0.2, -0.15) is 5.10 Å². The quantitative estimate of drug-likeness (QED) is 0.889. The maximum Gasteiger partial charge on any atom is 0.213 e.